The molecule has 7 heteroatoms. The lowest BCUT2D eigenvalue weighted by atomic mass is 10.2. The summed E-state index contributed by atoms with van der Waals surface area (Å²) in [6.07, 6.45) is 7.84. The quantitative estimate of drug-likeness (QED) is 0.737. The van der Waals surface area contributed by atoms with Gasteiger partial charge in [0.2, 0.25) is 5.91 Å². The van der Waals surface area contributed by atoms with Crippen molar-refractivity contribution in [3.63, 3.8) is 0 Å². The Morgan fingerprint density at radius 3 is 3.00 bits per heavy atom. The zero-order valence-corrected chi connectivity index (χ0v) is 11.2. The summed E-state index contributed by atoms with van der Waals surface area (Å²) >= 11 is 0. The molecule has 0 radical (unpaired) electrons. The first-order valence-corrected chi connectivity index (χ1v) is 6.61. The van der Waals surface area contributed by atoms with Gasteiger partial charge in [0.25, 0.3) is 0 Å². The highest BCUT2D eigenvalue weighted by molar-refractivity contribution is 5.92. The van der Waals surface area contributed by atoms with E-state index in [1.165, 1.54) is 11.0 Å². The second-order valence-electron chi connectivity index (χ2n) is 4.36. The fraction of sp³-hybridized carbons (Fsp3) is 0.385. The van der Waals surface area contributed by atoms with Crippen LogP contribution in [-0.2, 0) is 4.79 Å². The van der Waals surface area contributed by atoms with Gasteiger partial charge in [0.1, 0.15) is 12.7 Å². The summed E-state index contributed by atoms with van der Waals surface area (Å²) in [6, 6.07) is 3.56. The Bertz CT molecular complexity index is 540. The van der Waals surface area contributed by atoms with Crippen LogP contribution in [0.25, 0.3) is 5.82 Å². The van der Waals surface area contributed by atoms with E-state index in [2.05, 4.69) is 20.4 Å². The number of rotatable bonds is 7. The van der Waals surface area contributed by atoms with E-state index in [-0.39, 0.29) is 5.91 Å². The number of hydrogen-bond acceptors (Lipinski definition) is 5. The Balaban J connectivity index is 1.97. The Morgan fingerprint density at radius 1 is 1.35 bits per heavy atom. The predicted molar refractivity (Wildman–Crippen MR) is 75.3 cm³/mol. The standard InChI is InChI=1S/C13H18N6O/c14-7-3-1-2-6-12(20)18-11-5-4-8-16-13(11)19-10-15-9-17-19/h4-5,8-10H,1-3,6-7,14H2,(H,18,20). The van der Waals surface area contributed by atoms with E-state index < -0.39 is 0 Å². The molecule has 0 saturated carbocycles. The number of carbonyl (C=O) groups is 1. The molecule has 0 fully saturated rings. The number of nitrogens with two attached hydrogens (primary N) is 1. The molecule has 2 aromatic rings. The molecule has 0 aliphatic carbocycles. The van der Waals surface area contributed by atoms with Gasteiger partial charge < -0.3 is 11.1 Å². The molecule has 0 atom stereocenters. The second kappa shape index (κ2) is 7.34. The summed E-state index contributed by atoms with van der Waals surface area (Å²) in [5.74, 6) is 0.525. The van der Waals surface area contributed by atoms with Crippen molar-refractivity contribution in [2.24, 2.45) is 5.73 Å². The number of hydrogen-bond donors (Lipinski definition) is 2. The number of aromatic nitrogens is 4. The van der Waals surface area contributed by atoms with E-state index in [0.717, 1.165) is 19.3 Å². The summed E-state index contributed by atoms with van der Waals surface area (Å²) in [5, 5.41) is 6.87. The molecule has 2 aromatic heterocycles. The van der Waals surface area contributed by atoms with E-state index in [0.29, 0.717) is 24.5 Å². The molecule has 7 nitrogen and oxygen atoms in total. The van der Waals surface area contributed by atoms with Crippen LogP contribution < -0.4 is 11.1 Å². The zero-order chi connectivity index (χ0) is 14.2. The monoisotopic (exact) mass is 274 g/mol. The predicted octanol–water partition coefficient (Wildman–Crippen LogP) is 1.12. The fourth-order valence-corrected chi connectivity index (χ4v) is 1.81. The third-order valence-corrected chi connectivity index (χ3v) is 2.80. The normalized spacial score (nSPS) is 10.4. The van der Waals surface area contributed by atoms with Crippen LogP contribution in [0.3, 0.4) is 0 Å². The minimum atomic E-state index is -0.0311. The summed E-state index contributed by atoms with van der Waals surface area (Å²) in [4.78, 5) is 20.0. The lowest BCUT2D eigenvalue weighted by Gasteiger charge is -2.09. The SMILES string of the molecule is NCCCCCC(=O)Nc1cccnc1-n1cncn1. The van der Waals surface area contributed by atoms with Crippen molar-refractivity contribution in [3.05, 3.63) is 31.0 Å². The highest BCUT2D eigenvalue weighted by Gasteiger charge is 2.09. The molecule has 0 bridgehead atoms. The van der Waals surface area contributed by atoms with Gasteiger partial charge in [0.15, 0.2) is 5.82 Å². The average Bonchev–Trinajstić information content (AvgIpc) is 2.98. The number of anilines is 1. The smallest absolute Gasteiger partial charge is 0.224 e. The number of unbranched alkanes of at least 4 members (excludes halogenated alkanes) is 2. The van der Waals surface area contributed by atoms with Gasteiger partial charge in [-0.05, 0) is 31.5 Å². The van der Waals surface area contributed by atoms with Gasteiger partial charge in [0, 0.05) is 12.6 Å². The van der Waals surface area contributed by atoms with Gasteiger partial charge in [-0.25, -0.2) is 14.6 Å². The van der Waals surface area contributed by atoms with Crippen molar-refractivity contribution < 1.29 is 4.79 Å². The van der Waals surface area contributed by atoms with Crippen LogP contribution in [0.1, 0.15) is 25.7 Å². The van der Waals surface area contributed by atoms with E-state index in [4.69, 9.17) is 5.73 Å². The molecule has 0 aliphatic heterocycles. The molecular weight excluding hydrogens is 256 g/mol. The maximum Gasteiger partial charge on any atom is 0.224 e. The zero-order valence-electron chi connectivity index (χ0n) is 11.2. The van der Waals surface area contributed by atoms with Crippen molar-refractivity contribution in [1.29, 1.82) is 0 Å². The molecule has 20 heavy (non-hydrogen) atoms. The van der Waals surface area contributed by atoms with Crippen molar-refractivity contribution in [3.8, 4) is 5.82 Å². The molecule has 1 amide bonds. The minimum absolute atomic E-state index is 0.0311. The molecule has 0 spiro atoms. The lowest BCUT2D eigenvalue weighted by Crippen LogP contribution is -2.14. The van der Waals surface area contributed by atoms with Crippen LogP contribution in [0, 0.1) is 0 Å². The van der Waals surface area contributed by atoms with Crippen LogP contribution in [-0.4, -0.2) is 32.2 Å². The summed E-state index contributed by atoms with van der Waals surface area (Å²) in [6.45, 7) is 0.667. The van der Waals surface area contributed by atoms with Crippen LogP contribution in [0.2, 0.25) is 0 Å². The Kier molecular flexibility index (Phi) is 5.19. The number of nitrogens with one attached hydrogen (secondary N) is 1. The molecule has 2 rings (SSSR count). The molecule has 106 valence electrons. The van der Waals surface area contributed by atoms with E-state index in [9.17, 15) is 4.79 Å². The van der Waals surface area contributed by atoms with Gasteiger partial charge in [-0.2, -0.15) is 5.10 Å². The average molecular weight is 274 g/mol. The van der Waals surface area contributed by atoms with Crippen molar-refractivity contribution in [1.82, 2.24) is 19.7 Å². The summed E-state index contributed by atoms with van der Waals surface area (Å²) < 4.78 is 1.52. The second-order valence-corrected chi connectivity index (χ2v) is 4.36. The molecule has 0 aromatic carbocycles. The van der Waals surface area contributed by atoms with E-state index in [1.807, 2.05) is 0 Å². The van der Waals surface area contributed by atoms with Gasteiger partial charge >= 0.3 is 0 Å². The third kappa shape index (κ3) is 3.86. The fourth-order valence-electron chi connectivity index (χ4n) is 1.81. The largest absolute Gasteiger partial charge is 0.330 e. The molecule has 2 heterocycles. The Labute approximate surface area is 117 Å². The van der Waals surface area contributed by atoms with Crippen molar-refractivity contribution >= 4 is 11.6 Å². The van der Waals surface area contributed by atoms with Crippen molar-refractivity contribution in [2.75, 3.05) is 11.9 Å². The molecule has 0 saturated heterocycles. The highest BCUT2D eigenvalue weighted by atomic mass is 16.1. The molecule has 0 aliphatic rings. The number of amides is 1. The molecule has 0 unspecified atom stereocenters. The highest BCUT2D eigenvalue weighted by Crippen LogP contribution is 2.16. The maximum atomic E-state index is 11.9. The topological polar surface area (TPSA) is 98.7 Å². The minimum Gasteiger partial charge on any atom is -0.330 e. The summed E-state index contributed by atoms with van der Waals surface area (Å²) in [5.41, 5.74) is 6.05. The van der Waals surface area contributed by atoms with Gasteiger partial charge in [-0.1, -0.05) is 6.42 Å². The first-order valence-electron chi connectivity index (χ1n) is 6.61. The molecule has 3 N–H and O–H groups in total. The van der Waals surface area contributed by atoms with E-state index in [1.54, 1.807) is 24.7 Å². The van der Waals surface area contributed by atoms with Gasteiger partial charge in [-0.3, -0.25) is 4.79 Å². The van der Waals surface area contributed by atoms with Gasteiger partial charge in [0.05, 0.1) is 5.69 Å². The molecular formula is C13H18N6O. The lowest BCUT2D eigenvalue weighted by molar-refractivity contribution is -0.116. The first-order chi connectivity index (χ1) is 9.81. The first kappa shape index (κ1) is 14.1. The Hall–Kier alpha value is -2.28. The van der Waals surface area contributed by atoms with Crippen LogP contribution >= 0.6 is 0 Å². The number of carbonyl (C=O) groups excluding carboxylic acids is 1. The Morgan fingerprint density at radius 2 is 2.25 bits per heavy atom. The number of nitrogens with zero attached hydrogens (tertiary/aromatic N) is 4. The van der Waals surface area contributed by atoms with Gasteiger partial charge in [-0.15, -0.1) is 0 Å². The van der Waals surface area contributed by atoms with Crippen LogP contribution in [0.5, 0.6) is 0 Å². The maximum absolute atomic E-state index is 11.9. The van der Waals surface area contributed by atoms with E-state index >= 15 is 0 Å². The van der Waals surface area contributed by atoms with Crippen LogP contribution in [0.15, 0.2) is 31.0 Å². The van der Waals surface area contributed by atoms with Crippen molar-refractivity contribution in [2.45, 2.75) is 25.7 Å². The summed E-state index contributed by atoms with van der Waals surface area (Å²) in [7, 11) is 0. The number of pyridine rings is 1. The third-order valence-electron chi connectivity index (χ3n) is 2.80. The van der Waals surface area contributed by atoms with Crippen LogP contribution in [0.4, 0.5) is 5.69 Å².